The Morgan fingerprint density at radius 3 is 0.942 bits per heavy atom. The maximum atomic E-state index is 13.1. The van der Waals surface area contributed by atoms with Crippen LogP contribution in [0.3, 0.4) is 0 Å². The summed E-state index contributed by atoms with van der Waals surface area (Å²) in [6.07, 6.45) is 89.6. The monoisotopic (exact) mass is 1490 g/mol. The number of carbonyl (C=O) groups is 4. The first-order chi connectivity index (χ1) is 50.7. The first-order valence-corrected chi connectivity index (χ1v) is 42.4. The molecular formula is C85H138O17P2. The third kappa shape index (κ3) is 74.7. The van der Waals surface area contributed by atoms with Gasteiger partial charge < -0.3 is 33.8 Å². The lowest BCUT2D eigenvalue weighted by Gasteiger charge is -2.21. The van der Waals surface area contributed by atoms with E-state index in [2.05, 4.69) is 155 Å². The lowest BCUT2D eigenvalue weighted by atomic mass is 10.1. The highest BCUT2D eigenvalue weighted by Crippen LogP contribution is 2.45. The molecule has 0 rings (SSSR count). The Bertz CT molecular complexity index is 2640. The number of aliphatic hydroxyl groups is 1. The molecule has 0 bridgehead atoms. The molecule has 0 saturated heterocycles. The molecule has 19 heteroatoms. The zero-order valence-electron chi connectivity index (χ0n) is 64.4. The number of allylic oxidation sites excluding steroid dienone is 27. The fourth-order valence-electron chi connectivity index (χ4n) is 9.76. The van der Waals surface area contributed by atoms with E-state index in [4.69, 9.17) is 37.0 Å². The lowest BCUT2D eigenvalue weighted by Crippen LogP contribution is -2.30. The molecule has 0 saturated carbocycles. The summed E-state index contributed by atoms with van der Waals surface area (Å²) in [6.45, 7) is 4.37. The van der Waals surface area contributed by atoms with Crippen LogP contribution in [-0.4, -0.2) is 96.7 Å². The molecule has 0 aliphatic carbocycles. The second-order valence-corrected chi connectivity index (χ2v) is 28.5. The summed E-state index contributed by atoms with van der Waals surface area (Å²) in [5, 5.41) is 10.6. The van der Waals surface area contributed by atoms with E-state index < -0.39 is 97.5 Å². The van der Waals surface area contributed by atoms with Crippen molar-refractivity contribution in [3.63, 3.8) is 0 Å². The van der Waals surface area contributed by atoms with Gasteiger partial charge in [0, 0.05) is 19.3 Å². The van der Waals surface area contributed by atoms with Gasteiger partial charge in [-0.25, -0.2) is 9.13 Å². The molecule has 590 valence electrons. The van der Waals surface area contributed by atoms with Crippen LogP contribution in [0.2, 0.25) is 0 Å². The minimum Gasteiger partial charge on any atom is -0.462 e. The van der Waals surface area contributed by atoms with Crippen LogP contribution in [0, 0.1) is 0 Å². The van der Waals surface area contributed by atoms with E-state index in [1.165, 1.54) is 57.8 Å². The van der Waals surface area contributed by atoms with Gasteiger partial charge in [0.2, 0.25) is 0 Å². The van der Waals surface area contributed by atoms with E-state index in [0.717, 1.165) is 141 Å². The Morgan fingerprint density at radius 2 is 0.558 bits per heavy atom. The number of phosphoric acid groups is 2. The summed E-state index contributed by atoms with van der Waals surface area (Å²) in [5.74, 6) is -2.46. The van der Waals surface area contributed by atoms with Gasteiger partial charge in [-0.05, 0) is 148 Å². The minimum atomic E-state index is -5.03. The van der Waals surface area contributed by atoms with Crippen LogP contribution in [0.1, 0.15) is 285 Å². The highest BCUT2D eigenvalue weighted by Gasteiger charge is 2.30. The number of aliphatic hydroxyl groups excluding tert-OH is 1. The van der Waals surface area contributed by atoms with Gasteiger partial charge >= 0.3 is 39.5 Å². The van der Waals surface area contributed by atoms with Crippen molar-refractivity contribution in [1.29, 1.82) is 0 Å². The third-order valence-corrected chi connectivity index (χ3v) is 17.6. The lowest BCUT2D eigenvalue weighted by molar-refractivity contribution is -0.161. The highest BCUT2D eigenvalue weighted by molar-refractivity contribution is 7.47. The van der Waals surface area contributed by atoms with Crippen molar-refractivity contribution in [3.8, 4) is 0 Å². The van der Waals surface area contributed by atoms with Crippen LogP contribution >= 0.6 is 15.6 Å². The molecule has 0 aromatic rings. The number of carbonyl (C=O) groups excluding carboxylic acids is 4. The maximum absolute atomic E-state index is 13.1. The topological polar surface area (TPSA) is 237 Å². The number of rotatable bonds is 72. The Morgan fingerprint density at radius 1 is 0.288 bits per heavy atom. The van der Waals surface area contributed by atoms with Crippen molar-refractivity contribution in [2.45, 2.75) is 303 Å². The fraction of sp³-hybridized carbons (Fsp3) is 0.624. The first-order valence-electron chi connectivity index (χ1n) is 39.4. The fourth-order valence-corrected chi connectivity index (χ4v) is 11.3. The molecule has 0 aliphatic heterocycles. The molecular weight excluding hydrogens is 1350 g/mol. The standard InChI is InChI=1S/C85H138O17P2/c1-5-9-13-17-21-25-29-33-37-38-39-40-44-46-50-54-58-62-66-70-83(88)96-76-81(102-85(90)72-68-64-60-56-52-48-43-36-32-28-24-20-16-12-8-4)78-100-104(93,94)98-74-79(86)73-97-103(91,92)99-77-80(101-84(89)71-67-63-59-55-51-47-42-35-31-27-23-19-15-11-7-3)75-95-82(87)69-65-61-57-53-49-45-41-34-30-26-22-18-14-10-6-2/h9,12-13,16,21-22,24-26,28,33-37,39-43,46,50,52,56,58,62,64,68,79-81,86H,5-8,10-11,14-15,17-20,23,27,29-32,38,44-45,47-49,51,53-55,57,59-61,63,65-67,69-78H2,1-4H3,(H,91,92)(H,93,94)/b13-9-,16-12-,25-21-,26-22-,28-24-,37-33-,40-39-,41-34-,42-35-,43-36-,50-46-,56-52-,62-58-,68-64-. The quantitative estimate of drug-likeness (QED) is 0.0169. The van der Waals surface area contributed by atoms with Gasteiger partial charge in [-0.1, -0.05) is 281 Å². The van der Waals surface area contributed by atoms with Gasteiger partial charge in [0.25, 0.3) is 0 Å². The van der Waals surface area contributed by atoms with Crippen LogP contribution in [0.4, 0.5) is 0 Å². The van der Waals surface area contributed by atoms with E-state index in [0.29, 0.717) is 32.1 Å². The van der Waals surface area contributed by atoms with Crippen molar-refractivity contribution >= 4 is 39.5 Å². The van der Waals surface area contributed by atoms with Crippen LogP contribution in [-0.2, 0) is 65.4 Å². The number of phosphoric ester groups is 2. The molecule has 0 aliphatic rings. The van der Waals surface area contributed by atoms with Gasteiger partial charge in [-0.15, -0.1) is 0 Å². The summed E-state index contributed by atoms with van der Waals surface area (Å²) in [4.78, 5) is 72.9. The predicted octanol–water partition coefficient (Wildman–Crippen LogP) is 23.0. The average molecular weight is 1490 g/mol. The van der Waals surface area contributed by atoms with Crippen molar-refractivity contribution in [2.24, 2.45) is 0 Å². The molecule has 3 N–H and O–H groups in total. The van der Waals surface area contributed by atoms with E-state index >= 15 is 0 Å². The average Bonchev–Trinajstić information content (AvgIpc) is 0.918. The largest absolute Gasteiger partial charge is 0.472 e. The Labute approximate surface area is 629 Å². The van der Waals surface area contributed by atoms with Gasteiger partial charge in [0.1, 0.15) is 19.3 Å². The molecule has 17 nitrogen and oxygen atoms in total. The van der Waals surface area contributed by atoms with Gasteiger partial charge in [0.15, 0.2) is 12.2 Å². The van der Waals surface area contributed by atoms with Crippen LogP contribution in [0.5, 0.6) is 0 Å². The Balaban J connectivity index is 5.52. The summed E-state index contributed by atoms with van der Waals surface area (Å²) in [5.41, 5.74) is 0. The van der Waals surface area contributed by atoms with E-state index in [1.54, 1.807) is 12.2 Å². The summed E-state index contributed by atoms with van der Waals surface area (Å²) >= 11 is 0. The smallest absolute Gasteiger partial charge is 0.462 e. The molecule has 5 unspecified atom stereocenters. The van der Waals surface area contributed by atoms with E-state index in [-0.39, 0.29) is 25.7 Å². The van der Waals surface area contributed by atoms with Crippen molar-refractivity contribution in [3.05, 3.63) is 170 Å². The minimum absolute atomic E-state index is 0.0101. The molecule has 104 heavy (non-hydrogen) atoms. The highest BCUT2D eigenvalue weighted by atomic mass is 31.2. The second kappa shape index (κ2) is 75.6. The first kappa shape index (κ1) is 98.4. The molecule has 0 aromatic carbocycles. The summed E-state index contributed by atoms with van der Waals surface area (Å²) in [6, 6.07) is 0. The van der Waals surface area contributed by atoms with Crippen LogP contribution < -0.4 is 0 Å². The van der Waals surface area contributed by atoms with Crippen molar-refractivity contribution in [1.82, 2.24) is 0 Å². The zero-order chi connectivity index (χ0) is 76.0. The third-order valence-electron chi connectivity index (χ3n) is 15.7. The number of hydrogen-bond donors (Lipinski definition) is 3. The summed E-state index contributed by atoms with van der Waals surface area (Å²) in [7, 11) is -10.0. The number of ether oxygens (including phenoxy) is 4. The molecule has 0 fully saturated rings. The predicted molar refractivity (Wildman–Crippen MR) is 426 cm³/mol. The van der Waals surface area contributed by atoms with Crippen LogP contribution in [0.15, 0.2) is 170 Å². The second-order valence-electron chi connectivity index (χ2n) is 25.5. The van der Waals surface area contributed by atoms with Gasteiger partial charge in [-0.3, -0.25) is 37.3 Å². The van der Waals surface area contributed by atoms with Gasteiger partial charge in [0.05, 0.1) is 32.8 Å². The zero-order valence-corrected chi connectivity index (χ0v) is 66.2. The van der Waals surface area contributed by atoms with Crippen molar-refractivity contribution in [2.75, 3.05) is 39.6 Å². The Kier molecular flexibility index (Phi) is 71.6. The molecule has 0 heterocycles. The van der Waals surface area contributed by atoms with E-state index in [9.17, 15) is 43.2 Å². The Hall–Kier alpha value is -5.58. The number of unbranched alkanes of at least 4 members (excludes halogenated alkanes) is 19. The number of esters is 4. The SMILES string of the molecule is CC/C=C\C/C=C\C/C=C\C/C=C\C/C=C\C/C=C\CCC(=O)OCC(COP(=O)(O)OCC(O)COP(=O)(O)OCC(COC(=O)CCCCCCC/C=C\C/C=C\CCCCC)OC(=O)CCCCCCC/C=C\CCCCCCCC)OC(=O)C/C=C\C/C=C\C/C=C\C/C=C\C/C=C\CC. The molecule has 5 atom stereocenters. The normalized spacial score (nSPS) is 14.8. The van der Waals surface area contributed by atoms with E-state index in [1.807, 2.05) is 30.4 Å². The molecule has 0 spiro atoms. The van der Waals surface area contributed by atoms with Gasteiger partial charge in [-0.2, -0.15) is 0 Å². The maximum Gasteiger partial charge on any atom is 0.472 e. The molecule has 0 aromatic heterocycles. The summed E-state index contributed by atoms with van der Waals surface area (Å²) < 4.78 is 68.3. The molecule has 0 amide bonds. The molecule has 0 radical (unpaired) electrons. The van der Waals surface area contributed by atoms with Crippen molar-refractivity contribution < 1.29 is 80.2 Å². The number of hydrogen-bond acceptors (Lipinski definition) is 15. The van der Waals surface area contributed by atoms with Crippen LogP contribution in [0.25, 0.3) is 0 Å².